The molecule has 1 nitrogen and oxygen atoms in total. The lowest BCUT2D eigenvalue weighted by Gasteiger charge is -2.14. The van der Waals surface area contributed by atoms with E-state index in [1.54, 1.807) is 0 Å². The van der Waals surface area contributed by atoms with Gasteiger partial charge in [0.25, 0.3) is 0 Å². The predicted octanol–water partition coefficient (Wildman–Crippen LogP) is 4.06. The van der Waals surface area contributed by atoms with E-state index in [9.17, 15) is 0 Å². The molecular weight excluding hydrogens is 242 g/mol. The summed E-state index contributed by atoms with van der Waals surface area (Å²) in [5, 5.41) is 4.32. The van der Waals surface area contributed by atoms with Crippen LogP contribution < -0.4 is 5.32 Å². The van der Waals surface area contributed by atoms with Gasteiger partial charge >= 0.3 is 0 Å². The second-order valence-corrected chi connectivity index (χ2v) is 5.03. The van der Waals surface area contributed by atoms with Crippen molar-refractivity contribution in [1.29, 1.82) is 0 Å². The normalized spacial score (nSPS) is 12.3. The van der Waals surface area contributed by atoms with Crippen LogP contribution in [0.25, 0.3) is 0 Å². The molecule has 0 heterocycles. The predicted molar refractivity (Wildman–Crippen MR) is 77.9 cm³/mol. The molecule has 1 unspecified atom stereocenters. The zero-order chi connectivity index (χ0) is 12.8. The summed E-state index contributed by atoms with van der Waals surface area (Å²) in [6.07, 6.45) is 1.02. The van der Waals surface area contributed by atoms with Crippen LogP contribution in [0.3, 0.4) is 0 Å². The van der Waals surface area contributed by atoms with Crippen molar-refractivity contribution in [2.45, 2.75) is 25.9 Å². The highest BCUT2D eigenvalue weighted by molar-refractivity contribution is 6.30. The third-order valence-electron chi connectivity index (χ3n) is 2.95. The van der Waals surface area contributed by atoms with E-state index in [1.165, 1.54) is 11.1 Å². The number of rotatable bonds is 5. The first-order chi connectivity index (χ1) is 8.74. The molecule has 0 amide bonds. The fourth-order valence-electron chi connectivity index (χ4n) is 1.93. The van der Waals surface area contributed by atoms with Crippen LogP contribution in [0, 0.1) is 0 Å². The Morgan fingerprint density at radius 3 is 2.28 bits per heavy atom. The molecule has 2 heteroatoms. The zero-order valence-corrected chi connectivity index (χ0v) is 11.3. The molecular formula is C16H18ClN. The van der Waals surface area contributed by atoms with Gasteiger partial charge in [-0.1, -0.05) is 54.1 Å². The molecule has 0 bridgehead atoms. The summed E-state index contributed by atoms with van der Waals surface area (Å²) < 4.78 is 0. The standard InChI is InChI=1S/C16H18ClN/c1-13(11-14-7-9-16(17)10-8-14)18-12-15-5-3-2-4-6-15/h2-10,13,18H,11-12H2,1H3. The molecule has 2 aromatic carbocycles. The van der Waals surface area contributed by atoms with E-state index in [2.05, 4.69) is 48.6 Å². The van der Waals surface area contributed by atoms with Gasteiger partial charge < -0.3 is 5.32 Å². The van der Waals surface area contributed by atoms with Gasteiger partial charge in [0, 0.05) is 17.6 Å². The minimum Gasteiger partial charge on any atom is -0.310 e. The third kappa shape index (κ3) is 4.17. The van der Waals surface area contributed by atoms with Crippen molar-refractivity contribution in [2.24, 2.45) is 0 Å². The first-order valence-electron chi connectivity index (χ1n) is 6.26. The van der Waals surface area contributed by atoms with E-state index in [0.717, 1.165) is 18.0 Å². The first-order valence-corrected chi connectivity index (χ1v) is 6.63. The Kier molecular flexibility index (Phi) is 4.80. The fourth-order valence-corrected chi connectivity index (χ4v) is 2.06. The van der Waals surface area contributed by atoms with E-state index in [4.69, 9.17) is 11.6 Å². The van der Waals surface area contributed by atoms with Gasteiger partial charge in [-0.3, -0.25) is 0 Å². The van der Waals surface area contributed by atoms with Gasteiger partial charge in [0.2, 0.25) is 0 Å². The van der Waals surface area contributed by atoms with Gasteiger partial charge in [-0.05, 0) is 36.6 Å². The average molecular weight is 260 g/mol. The summed E-state index contributed by atoms with van der Waals surface area (Å²) in [5.41, 5.74) is 2.63. The maximum Gasteiger partial charge on any atom is 0.0406 e. The Labute approximate surface area is 114 Å². The molecule has 0 saturated carbocycles. The minimum atomic E-state index is 0.450. The SMILES string of the molecule is CC(Cc1ccc(Cl)cc1)NCc1ccccc1. The Morgan fingerprint density at radius 1 is 0.944 bits per heavy atom. The smallest absolute Gasteiger partial charge is 0.0406 e. The molecule has 0 spiro atoms. The highest BCUT2D eigenvalue weighted by Crippen LogP contribution is 2.11. The highest BCUT2D eigenvalue weighted by atomic mass is 35.5. The van der Waals surface area contributed by atoms with Crippen LogP contribution in [-0.2, 0) is 13.0 Å². The quantitative estimate of drug-likeness (QED) is 0.854. The molecule has 1 atom stereocenters. The monoisotopic (exact) mass is 259 g/mol. The molecule has 0 fully saturated rings. The van der Waals surface area contributed by atoms with Crippen molar-refractivity contribution >= 4 is 11.6 Å². The number of hydrogen-bond donors (Lipinski definition) is 1. The van der Waals surface area contributed by atoms with Crippen molar-refractivity contribution in [1.82, 2.24) is 5.32 Å². The lowest BCUT2D eigenvalue weighted by molar-refractivity contribution is 0.545. The lowest BCUT2D eigenvalue weighted by Crippen LogP contribution is -2.27. The van der Waals surface area contributed by atoms with Crippen LogP contribution in [-0.4, -0.2) is 6.04 Å². The third-order valence-corrected chi connectivity index (χ3v) is 3.20. The molecule has 18 heavy (non-hydrogen) atoms. The molecule has 0 aliphatic heterocycles. The topological polar surface area (TPSA) is 12.0 Å². The number of halogens is 1. The second kappa shape index (κ2) is 6.58. The molecule has 0 aliphatic rings. The molecule has 0 saturated heterocycles. The summed E-state index contributed by atoms with van der Waals surface area (Å²) in [6, 6.07) is 19.0. The van der Waals surface area contributed by atoms with Crippen molar-refractivity contribution in [2.75, 3.05) is 0 Å². The molecule has 0 aliphatic carbocycles. The van der Waals surface area contributed by atoms with E-state index in [1.807, 2.05) is 18.2 Å². The highest BCUT2D eigenvalue weighted by Gasteiger charge is 2.03. The number of nitrogens with one attached hydrogen (secondary N) is 1. The van der Waals surface area contributed by atoms with E-state index >= 15 is 0 Å². The van der Waals surface area contributed by atoms with E-state index in [0.29, 0.717) is 6.04 Å². The van der Waals surface area contributed by atoms with E-state index < -0.39 is 0 Å². The van der Waals surface area contributed by atoms with Gasteiger partial charge in [-0.15, -0.1) is 0 Å². The Morgan fingerprint density at radius 2 is 1.61 bits per heavy atom. The van der Waals surface area contributed by atoms with E-state index in [-0.39, 0.29) is 0 Å². The summed E-state index contributed by atoms with van der Waals surface area (Å²) in [6.45, 7) is 3.12. The molecule has 2 aromatic rings. The van der Waals surface area contributed by atoms with Gasteiger partial charge in [0.05, 0.1) is 0 Å². The van der Waals surface area contributed by atoms with Crippen LogP contribution in [0.1, 0.15) is 18.1 Å². The van der Waals surface area contributed by atoms with Crippen LogP contribution in [0.5, 0.6) is 0 Å². The average Bonchev–Trinajstić information content (AvgIpc) is 2.40. The Hall–Kier alpha value is -1.31. The Balaban J connectivity index is 1.82. The Bertz CT molecular complexity index is 464. The molecule has 94 valence electrons. The molecule has 1 N–H and O–H groups in total. The largest absolute Gasteiger partial charge is 0.310 e. The van der Waals surface area contributed by atoms with Crippen molar-refractivity contribution in [3.8, 4) is 0 Å². The zero-order valence-electron chi connectivity index (χ0n) is 10.6. The number of hydrogen-bond acceptors (Lipinski definition) is 1. The molecule has 2 rings (SSSR count). The van der Waals surface area contributed by atoms with Gasteiger partial charge in [-0.25, -0.2) is 0 Å². The van der Waals surface area contributed by atoms with Gasteiger partial charge in [0.15, 0.2) is 0 Å². The summed E-state index contributed by atoms with van der Waals surface area (Å²) in [7, 11) is 0. The second-order valence-electron chi connectivity index (χ2n) is 4.60. The van der Waals surface area contributed by atoms with Gasteiger partial charge in [-0.2, -0.15) is 0 Å². The van der Waals surface area contributed by atoms with Crippen LogP contribution in [0.15, 0.2) is 54.6 Å². The van der Waals surface area contributed by atoms with Crippen LogP contribution in [0.4, 0.5) is 0 Å². The summed E-state index contributed by atoms with van der Waals surface area (Å²) >= 11 is 5.87. The maximum absolute atomic E-state index is 5.87. The number of benzene rings is 2. The van der Waals surface area contributed by atoms with Gasteiger partial charge in [0.1, 0.15) is 0 Å². The molecule has 0 aromatic heterocycles. The minimum absolute atomic E-state index is 0.450. The first kappa shape index (κ1) is 13.1. The summed E-state index contributed by atoms with van der Waals surface area (Å²) in [5.74, 6) is 0. The van der Waals surface area contributed by atoms with Crippen LogP contribution >= 0.6 is 11.6 Å². The van der Waals surface area contributed by atoms with Crippen molar-refractivity contribution in [3.63, 3.8) is 0 Å². The van der Waals surface area contributed by atoms with Crippen molar-refractivity contribution < 1.29 is 0 Å². The molecule has 0 radical (unpaired) electrons. The summed E-state index contributed by atoms with van der Waals surface area (Å²) in [4.78, 5) is 0. The lowest BCUT2D eigenvalue weighted by atomic mass is 10.1. The van der Waals surface area contributed by atoms with Crippen LogP contribution in [0.2, 0.25) is 5.02 Å². The fraction of sp³-hybridized carbons (Fsp3) is 0.250. The van der Waals surface area contributed by atoms with Crippen molar-refractivity contribution in [3.05, 3.63) is 70.7 Å². The maximum atomic E-state index is 5.87.